The molecular weight excluding hydrogens is 216 g/mol. The Labute approximate surface area is 88.5 Å². The lowest BCUT2D eigenvalue weighted by Gasteiger charge is -2.08. The standard InChI is InChI=1S/C9H12N2O3S/c1-2-11-15(13,14)9-6-4-3-5-8(9)10-7-12/h3-7,11H,2H2,1H3,(H,10,12). The lowest BCUT2D eigenvalue weighted by atomic mass is 10.3. The Morgan fingerprint density at radius 1 is 1.33 bits per heavy atom. The highest BCUT2D eigenvalue weighted by Crippen LogP contribution is 2.19. The zero-order valence-corrected chi connectivity index (χ0v) is 9.04. The van der Waals surface area contributed by atoms with E-state index in [4.69, 9.17) is 0 Å². The molecule has 1 amide bonds. The van der Waals surface area contributed by atoms with Gasteiger partial charge >= 0.3 is 0 Å². The van der Waals surface area contributed by atoms with E-state index < -0.39 is 10.0 Å². The first-order valence-corrected chi connectivity index (χ1v) is 5.89. The van der Waals surface area contributed by atoms with Crippen molar-refractivity contribution < 1.29 is 13.2 Å². The largest absolute Gasteiger partial charge is 0.328 e. The lowest BCUT2D eigenvalue weighted by molar-refractivity contribution is -0.105. The quantitative estimate of drug-likeness (QED) is 0.723. The van der Waals surface area contributed by atoms with Gasteiger partial charge in [0.05, 0.1) is 5.69 Å². The van der Waals surface area contributed by atoms with E-state index in [1.165, 1.54) is 12.1 Å². The fourth-order valence-electron chi connectivity index (χ4n) is 1.15. The summed E-state index contributed by atoms with van der Waals surface area (Å²) in [5.74, 6) is 0. The van der Waals surface area contributed by atoms with E-state index in [0.29, 0.717) is 13.0 Å². The van der Waals surface area contributed by atoms with E-state index in [0.717, 1.165) is 0 Å². The van der Waals surface area contributed by atoms with Crippen LogP contribution in [0.4, 0.5) is 5.69 Å². The molecule has 0 heterocycles. The molecule has 2 N–H and O–H groups in total. The van der Waals surface area contributed by atoms with Crippen molar-refractivity contribution in [3.05, 3.63) is 24.3 Å². The number of nitrogens with one attached hydrogen (secondary N) is 2. The maximum absolute atomic E-state index is 11.7. The number of hydrogen-bond donors (Lipinski definition) is 2. The van der Waals surface area contributed by atoms with E-state index in [-0.39, 0.29) is 10.6 Å². The van der Waals surface area contributed by atoms with Gasteiger partial charge in [0.2, 0.25) is 16.4 Å². The molecule has 0 aliphatic heterocycles. The van der Waals surface area contributed by atoms with Crippen LogP contribution in [-0.4, -0.2) is 21.4 Å². The van der Waals surface area contributed by atoms with Gasteiger partial charge in [-0.1, -0.05) is 19.1 Å². The number of para-hydroxylation sites is 1. The molecule has 6 heteroatoms. The number of carbonyl (C=O) groups is 1. The maximum Gasteiger partial charge on any atom is 0.242 e. The molecule has 15 heavy (non-hydrogen) atoms. The Bertz CT molecular complexity index is 442. The zero-order chi connectivity index (χ0) is 11.3. The average molecular weight is 228 g/mol. The number of anilines is 1. The summed E-state index contributed by atoms with van der Waals surface area (Å²) >= 11 is 0. The van der Waals surface area contributed by atoms with Gasteiger partial charge in [-0.3, -0.25) is 4.79 Å². The van der Waals surface area contributed by atoms with Crippen molar-refractivity contribution in [3.8, 4) is 0 Å². The van der Waals surface area contributed by atoms with Crippen LogP contribution in [0.15, 0.2) is 29.2 Å². The Kier molecular flexibility index (Phi) is 3.81. The third kappa shape index (κ3) is 2.77. The highest BCUT2D eigenvalue weighted by Gasteiger charge is 2.16. The van der Waals surface area contributed by atoms with Crippen molar-refractivity contribution in [1.82, 2.24) is 4.72 Å². The highest BCUT2D eigenvalue weighted by atomic mass is 32.2. The van der Waals surface area contributed by atoms with E-state index in [1.807, 2.05) is 0 Å². The van der Waals surface area contributed by atoms with Gasteiger partial charge in [0.1, 0.15) is 4.90 Å². The molecule has 0 fully saturated rings. The van der Waals surface area contributed by atoms with Gasteiger partial charge in [-0.05, 0) is 12.1 Å². The second kappa shape index (κ2) is 4.90. The molecule has 0 saturated heterocycles. The molecule has 5 nitrogen and oxygen atoms in total. The first-order valence-electron chi connectivity index (χ1n) is 4.40. The SMILES string of the molecule is CCNS(=O)(=O)c1ccccc1NC=O. The number of amides is 1. The Morgan fingerprint density at radius 3 is 2.60 bits per heavy atom. The van der Waals surface area contributed by atoms with Crippen LogP contribution in [0.25, 0.3) is 0 Å². The average Bonchev–Trinajstić information content (AvgIpc) is 2.19. The summed E-state index contributed by atoms with van der Waals surface area (Å²) in [6.07, 6.45) is 0.445. The number of hydrogen-bond acceptors (Lipinski definition) is 3. The van der Waals surface area contributed by atoms with Crippen molar-refractivity contribution in [2.75, 3.05) is 11.9 Å². The molecule has 0 aliphatic carbocycles. The van der Waals surface area contributed by atoms with Crippen molar-refractivity contribution in [1.29, 1.82) is 0 Å². The van der Waals surface area contributed by atoms with Gasteiger partial charge < -0.3 is 5.32 Å². The van der Waals surface area contributed by atoms with Crippen molar-refractivity contribution >= 4 is 22.1 Å². The summed E-state index contributed by atoms with van der Waals surface area (Å²) in [6.45, 7) is 1.99. The molecule has 0 aromatic heterocycles. The minimum Gasteiger partial charge on any atom is -0.328 e. The topological polar surface area (TPSA) is 75.3 Å². The number of rotatable bonds is 5. The molecule has 0 radical (unpaired) electrons. The van der Waals surface area contributed by atoms with Crippen LogP contribution in [0, 0.1) is 0 Å². The lowest BCUT2D eigenvalue weighted by Crippen LogP contribution is -2.24. The van der Waals surface area contributed by atoms with Crippen molar-refractivity contribution in [2.45, 2.75) is 11.8 Å². The van der Waals surface area contributed by atoms with Gasteiger partial charge in [-0.15, -0.1) is 0 Å². The molecule has 1 aromatic carbocycles. The fourth-order valence-corrected chi connectivity index (χ4v) is 2.36. The maximum atomic E-state index is 11.7. The second-order valence-corrected chi connectivity index (χ2v) is 4.50. The van der Waals surface area contributed by atoms with Gasteiger partial charge in [-0.25, -0.2) is 13.1 Å². The molecule has 0 atom stereocenters. The molecule has 0 spiro atoms. The molecule has 0 saturated carbocycles. The van der Waals surface area contributed by atoms with E-state index in [2.05, 4.69) is 10.0 Å². The highest BCUT2D eigenvalue weighted by molar-refractivity contribution is 7.89. The van der Waals surface area contributed by atoms with Crippen LogP contribution in [0.3, 0.4) is 0 Å². The monoisotopic (exact) mass is 228 g/mol. The number of sulfonamides is 1. The van der Waals surface area contributed by atoms with Crippen LogP contribution in [0.1, 0.15) is 6.92 Å². The van der Waals surface area contributed by atoms with Crippen LogP contribution in [0.2, 0.25) is 0 Å². The molecule has 0 unspecified atom stereocenters. The second-order valence-electron chi connectivity index (χ2n) is 2.76. The minimum absolute atomic E-state index is 0.0685. The fraction of sp³-hybridized carbons (Fsp3) is 0.222. The summed E-state index contributed by atoms with van der Waals surface area (Å²) in [5.41, 5.74) is 0.272. The van der Waals surface area contributed by atoms with Gasteiger partial charge in [0.15, 0.2) is 0 Å². The Balaban J connectivity index is 3.18. The predicted octanol–water partition coefficient (Wildman–Crippen LogP) is 0.553. The summed E-state index contributed by atoms with van der Waals surface area (Å²) in [5, 5.41) is 2.34. The smallest absolute Gasteiger partial charge is 0.242 e. The van der Waals surface area contributed by atoms with E-state index >= 15 is 0 Å². The molecular formula is C9H12N2O3S. The van der Waals surface area contributed by atoms with Crippen LogP contribution >= 0.6 is 0 Å². The number of carbonyl (C=O) groups excluding carboxylic acids is 1. The molecule has 0 aliphatic rings. The summed E-state index contributed by atoms with van der Waals surface area (Å²) < 4.78 is 25.7. The minimum atomic E-state index is -3.53. The molecule has 1 rings (SSSR count). The van der Waals surface area contributed by atoms with E-state index in [1.54, 1.807) is 19.1 Å². The molecule has 82 valence electrons. The van der Waals surface area contributed by atoms with Crippen molar-refractivity contribution in [3.63, 3.8) is 0 Å². The first kappa shape index (κ1) is 11.7. The summed E-state index contributed by atoms with van der Waals surface area (Å²) in [4.78, 5) is 10.4. The third-order valence-corrected chi connectivity index (χ3v) is 3.33. The van der Waals surface area contributed by atoms with Crippen LogP contribution in [0.5, 0.6) is 0 Å². The van der Waals surface area contributed by atoms with Crippen LogP contribution < -0.4 is 10.0 Å². The van der Waals surface area contributed by atoms with E-state index in [9.17, 15) is 13.2 Å². The molecule has 1 aromatic rings. The predicted molar refractivity (Wildman–Crippen MR) is 57.0 cm³/mol. The summed E-state index contributed by atoms with van der Waals surface area (Å²) in [7, 11) is -3.53. The third-order valence-electron chi connectivity index (χ3n) is 1.73. The normalized spacial score (nSPS) is 11.0. The van der Waals surface area contributed by atoms with Gasteiger partial charge in [-0.2, -0.15) is 0 Å². The van der Waals surface area contributed by atoms with Gasteiger partial charge in [0, 0.05) is 6.54 Å². The first-order chi connectivity index (χ1) is 7.11. The summed E-state index contributed by atoms with van der Waals surface area (Å²) in [6, 6.07) is 6.21. The van der Waals surface area contributed by atoms with Crippen LogP contribution in [-0.2, 0) is 14.8 Å². The van der Waals surface area contributed by atoms with Crippen molar-refractivity contribution in [2.24, 2.45) is 0 Å². The number of benzene rings is 1. The molecule has 0 bridgehead atoms. The van der Waals surface area contributed by atoms with Gasteiger partial charge in [0.25, 0.3) is 0 Å². The Morgan fingerprint density at radius 2 is 2.00 bits per heavy atom. The Hall–Kier alpha value is -1.40. The zero-order valence-electron chi connectivity index (χ0n) is 8.23.